The van der Waals surface area contributed by atoms with Crippen LogP contribution < -0.4 is 10.6 Å². The SMILES string of the molecule is CN(CC(=O)NCC1(C)CCNCC1)S(=O)(=O)c1ccc(Cl)cc1. The first-order valence-electron chi connectivity index (χ1n) is 7.92. The van der Waals surface area contributed by atoms with Crippen LogP contribution in [0.25, 0.3) is 0 Å². The maximum atomic E-state index is 12.4. The van der Waals surface area contributed by atoms with E-state index in [4.69, 9.17) is 11.6 Å². The summed E-state index contributed by atoms with van der Waals surface area (Å²) in [6, 6.07) is 5.89. The van der Waals surface area contributed by atoms with Gasteiger partial charge >= 0.3 is 0 Å². The molecule has 0 saturated carbocycles. The maximum Gasteiger partial charge on any atom is 0.243 e. The second-order valence-corrected chi connectivity index (χ2v) is 9.03. The normalized spacial score (nSPS) is 17.7. The number of carbonyl (C=O) groups excluding carboxylic acids is 1. The van der Waals surface area contributed by atoms with Crippen LogP contribution in [0, 0.1) is 5.41 Å². The van der Waals surface area contributed by atoms with Crippen molar-refractivity contribution in [3.8, 4) is 0 Å². The van der Waals surface area contributed by atoms with Crippen LogP contribution in [0.5, 0.6) is 0 Å². The number of nitrogens with one attached hydrogen (secondary N) is 2. The van der Waals surface area contributed by atoms with Crippen LogP contribution in [0.2, 0.25) is 5.02 Å². The molecule has 1 aromatic rings. The lowest BCUT2D eigenvalue weighted by atomic mass is 9.81. The lowest BCUT2D eigenvalue weighted by molar-refractivity contribution is -0.121. The number of carbonyl (C=O) groups is 1. The number of likely N-dealkylation sites (N-methyl/N-ethyl adjacent to an activating group) is 1. The third-order valence-corrected chi connectivity index (χ3v) is 6.48. The molecule has 1 aliphatic heterocycles. The summed E-state index contributed by atoms with van der Waals surface area (Å²) in [7, 11) is -2.31. The molecule has 0 aliphatic carbocycles. The van der Waals surface area contributed by atoms with E-state index in [1.54, 1.807) is 0 Å². The van der Waals surface area contributed by atoms with E-state index < -0.39 is 10.0 Å². The number of piperidine rings is 1. The molecule has 134 valence electrons. The summed E-state index contributed by atoms with van der Waals surface area (Å²) in [4.78, 5) is 12.2. The average molecular weight is 374 g/mol. The highest BCUT2D eigenvalue weighted by atomic mass is 35.5. The van der Waals surface area contributed by atoms with Crippen molar-refractivity contribution in [3.63, 3.8) is 0 Å². The van der Waals surface area contributed by atoms with Crippen LogP contribution in [0.3, 0.4) is 0 Å². The number of amides is 1. The molecule has 0 spiro atoms. The van der Waals surface area contributed by atoms with Gasteiger partial charge < -0.3 is 10.6 Å². The Hall–Kier alpha value is -1.15. The Kier molecular flexibility index (Phi) is 6.25. The minimum Gasteiger partial charge on any atom is -0.354 e. The zero-order valence-electron chi connectivity index (χ0n) is 14.0. The lowest BCUT2D eigenvalue weighted by Crippen LogP contribution is -2.45. The molecule has 8 heteroatoms. The van der Waals surface area contributed by atoms with E-state index in [0.717, 1.165) is 30.2 Å². The van der Waals surface area contributed by atoms with Crippen molar-refractivity contribution >= 4 is 27.5 Å². The molecule has 24 heavy (non-hydrogen) atoms. The van der Waals surface area contributed by atoms with Gasteiger partial charge in [-0.1, -0.05) is 18.5 Å². The minimum absolute atomic E-state index is 0.0640. The van der Waals surface area contributed by atoms with E-state index in [1.807, 2.05) is 0 Å². The van der Waals surface area contributed by atoms with Crippen LogP contribution in [0.1, 0.15) is 19.8 Å². The summed E-state index contributed by atoms with van der Waals surface area (Å²) in [5.41, 5.74) is 0.0640. The molecule has 1 amide bonds. The fourth-order valence-electron chi connectivity index (χ4n) is 2.65. The number of hydrogen-bond acceptors (Lipinski definition) is 4. The third kappa shape index (κ3) is 4.92. The fourth-order valence-corrected chi connectivity index (χ4v) is 3.90. The predicted octanol–water partition coefficient (Wildman–Crippen LogP) is 1.47. The molecule has 0 aromatic heterocycles. The molecule has 1 fully saturated rings. The number of benzene rings is 1. The Morgan fingerprint density at radius 2 is 1.88 bits per heavy atom. The molecule has 2 N–H and O–H groups in total. The summed E-state index contributed by atoms with van der Waals surface area (Å²) in [6.07, 6.45) is 1.98. The van der Waals surface area contributed by atoms with Gasteiger partial charge in [0.2, 0.25) is 15.9 Å². The van der Waals surface area contributed by atoms with Crippen molar-refractivity contribution in [1.29, 1.82) is 0 Å². The number of halogens is 1. The fraction of sp³-hybridized carbons (Fsp3) is 0.562. The zero-order valence-corrected chi connectivity index (χ0v) is 15.6. The summed E-state index contributed by atoms with van der Waals surface area (Å²) >= 11 is 5.78. The van der Waals surface area contributed by atoms with Crippen LogP contribution in [0.4, 0.5) is 0 Å². The lowest BCUT2D eigenvalue weighted by Gasteiger charge is -2.34. The van der Waals surface area contributed by atoms with Crippen molar-refractivity contribution in [1.82, 2.24) is 14.9 Å². The van der Waals surface area contributed by atoms with Crippen molar-refractivity contribution in [2.75, 3.05) is 33.2 Å². The van der Waals surface area contributed by atoms with Gasteiger partial charge in [0, 0.05) is 18.6 Å². The highest BCUT2D eigenvalue weighted by molar-refractivity contribution is 7.89. The molecule has 0 atom stereocenters. The second-order valence-electron chi connectivity index (χ2n) is 6.55. The highest BCUT2D eigenvalue weighted by Crippen LogP contribution is 2.26. The average Bonchev–Trinajstić information content (AvgIpc) is 2.54. The molecule has 0 radical (unpaired) electrons. The Labute approximate surface area is 148 Å². The molecule has 0 bridgehead atoms. The van der Waals surface area contributed by atoms with Crippen LogP contribution in [-0.4, -0.2) is 51.9 Å². The van der Waals surface area contributed by atoms with Gasteiger partial charge in [-0.25, -0.2) is 8.42 Å². The molecule has 6 nitrogen and oxygen atoms in total. The quantitative estimate of drug-likeness (QED) is 0.791. The van der Waals surface area contributed by atoms with E-state index in [1.165, 1.54) is 31.3 Å². The summed E-state index contributed by atoms with van der Waals surface area (Å²) in [6.45, 7) is 4.37. The van der Waals surface area contributed by atoms with Crippen LogP contribution in [0.15, 0.2) is 29.2 Å². The molecule has 1 aromatic carbocycles. The largest absolute Gasteiger partial charge is 0.354 e. The number of rotatable bonds is 6. The Bertz CT molecular complexity index is 670. The van der Waals surface area contributed by atoms with Crippen LogP contribution >= 0.6 is 11.6 Å². The molecule has 1 heterocycles. The van der Waals surface area contributed by atoms with Crippen LogP contribution in [-0.2, 0) is 14.8 Å². The van der Waals surface area contributed by atoms with Gasteiger partial charge in [-0.2, -0.15) is 4.31 Å². The maximum absolute atomic E-state index is 12.4. The van der Waals surface area contributed by atoms with Gasteiger partial charge in [0.1, 0.15) is 0 Å². The Balaban J connectivity index is 1.91. The Morgan fingerprint density at radius 3 is 2.46 bits per heavy atom. The third-order valence-electron chi connectivity index (χ3n) is 4.41. The Morgan fingerprint density at radius 1 is 1.29 bits per heavy atom. The van der Waals surface area contributed by atoms with Gasteiger partial charge in [-0.05, 0) is 55.6 Å². The topological polar surface area (TPSA) is 78.5 Å². The molecular weight excluding hydrogens is 350 g/mol. The molecule has 2 rings (SSSR count). The monoisotopic (exact) mass is 373 g/mol. The first-order valence-corrected chi connectivity index (χ1v) is 9.74. The van der Waals surface area contributed by atoms with E-state index in [2.05, 4.69) is 17.6 Å². The summed E-state index contributed by atoms with van der Waals surface area (Å²) in [5.74, 6) is -0.296. The van der Waals surface area contributed by atoms with Crippen molar-refractivity contribution in [2.45, 2.75) is 24.7 Å². The van der Waals surface area contributed by atoms with E-state index in [-0.39, 0.29) is 22.8 Å². The first-order chi connectivity index (χ1) is 11.2. The predicted molar refractivity (Wildman–Crippen MR) is 94.5 cm³/mol. The smallest absolute Gasteiger partial charge is 0.243 e. The standard InChI is InChI=1S/C16H24ClN3O3S/c1-16(7-9-18-10-8-16)12-19-15(21)11-20(2)24(22,23)14-5-3-13(17)4-6-14/h3-6,18H,7-12H2,1-2H3,(H,19,21). The van der Waals surface area contributed by atoms with E-state index >= 15 is 0 Å². The van der Waals surface area contributed by atoms with Gasteiger partial charge in [-0.3, -0.25) is 4.79 Å². The number of nitrogens with zero attached hydrogens (tertiary/aromatic N) is 1. The highest BCUT2D eigenvalue weighted by Gasteiger charge is 2.28. The van der Waals surface area contributed by atoms with E-state index in [0.29, 0.717) is 11.6 Å². The van der Waals surface area contributed by atoms with Crippen molar-refractivity contribution < 1.29 is 13.2 Å². The minimum atomic E-state index is -3.71. The van der Waals surface area contributed by atoms with Crippen molar-refractivity contribution in [2.24, 2.45) is 5.41 Å². The zero-order chi connectivity index (χ0) is 17.8. The number of hydrogen-bond donors (Lipinski definition) is 2. The van der Waals surface area contributed by atoms with Gasteiger partial charge in [0.15, 0.2) is 0 Å². The summed E-state index contributed by atoms with van der Waals surface area (Å²) in [5, 5.41) is 6.62. The molecular formula is C16H24ClN3O3S. The van der Waals surface area contributed by atoms with Gasteiger partial charge in [-0.15, -0.1) is 0 Å². The van der Waals surface area contributed by atoms with Gasteiger partial charge in [0.05, 0.1) is 11.4 Å². The molecule has 1 aliphatic rings. The van der Waals surface area contributed by atoms with E-state index in [9.17, 15) is 13.2 Å². The van der Waals surface area contributed by atoms with Gasteiger partial charge in [0.25, 0.3) is 0 Å². The molecule has 1 saturated heterocycles. The molecule has 0 unspecified atom stereocenters. The first kappa shape index (κ1) is 19.2. The van der Waals surface area contributed by atoms with Crippen molar-refractivity contribution in [3.05, 3.63) is 29.3 Å². The summed E-state index contributed by atoms with van der Waals surface area (Å²) < 4.78 is 25.9. The second kappa shape index (κ2) is 7.82. The number of sulfonamides is 1.